The van der Waals surface area contributed by atoms with Crippen LogP contribution in [0.1, 0.15) is 39.3 Å². The van der Waals surface area contributed by atoms with E-state index in [9.17, 15) is 8.78 Å². The van der Waals surface area contributed by atoms with E-state index in [1.54, 1.807) is 0 Å². The van der Waals surface area contributed by atoms with Gasteiger partial charge in [0.25, 0.3) is 0 Å². The second-order valence-corrected chi connectivity index (χ2v) is 6.28. The average molecular weight is 284 g/mol. The number of nitrogens with zero attached hydrogens (tertiary/aromatic N) is 1. The average Bonchev–Trinajstić information content (AvgIpc) is 2.26. The summed E-state index contributed by atoms with van der Waals surface area (Å²) in [5, 5.41) is 0. The molecule has 20 heavy (non-hydrogen) atoms. The van der Waals surface area contributed by atoms with Crippen molar-refractivity contribution in [2.24, 2.45) is 17.6 Å². The van der Waals surface area contributed by atoms with Gasteiger partial charge in [0.1, 0.15) is 11.6 Å². The first kappa shape index (κ1) is 17.1. The van der Waals surface area contributed by atoms with Crippen molar-refractivity contribution in [2.45, 2.75) is 33.7 Å². The largest absolute Gasteiger partial charge is 0.323 e. The standard InChI is InChI=1S/C16H26F2N2/c1-11(2)8-20(9-12(3)4)10-16(19)14-6-5-13(17)7-15(14)18/h5-7,11-12,16H,8-10,19H2,1-4H3. The predicted molar refractivity (Wildman–Crippen MR) is 79.4 cm³/mol. The van der Waals surface area contributed by atoms with Crippen molar-refractivity contribution in [3.63, 3.8) is 0 Å². The fourth-order valence-corrected chi connectivity index (χ4v) is 2.44. The van der Waals surface area contributed by atoms with Crippen LogP contribution in [-0.2, 0) is 0 Å². The van der Waals surface area contributed by atoms with Crippen LogP contribution >= 0.6 is 0 Å². The Labute approximate surface area is 121 Å². The SMILES string of the molecule is CC(C)CN(CC(C)C)CC(N)c1ccc(F)cc1F. The van der Waals surface area contributed by atoms with Crippen LogP contribution in [0.4, 0.5) is 8.78 Å². The van der Waals surface area contributed by atoms with Crippen molar-refractivity contribution < 1.29 is 8.78 Å². The van der Waals surface area contributed by atoms with Crippen molar-refractivity contribution in [2.75, 3.05) is 19.6 Å². The van der Waals surface area contributed by atoms with Crippen LogP contribution in [-0.4, -0.2) is 24.5 Å². The van der Waals surface area contributed by atoms with E-state index in [4.69, 9.17) is 5.73 Å². The Morgan fingerprint density at radius 3 is 2.00 bits per heavy atom. The normalized spacial score (nSPS) is 13.5. The molecule has 0 amide bonds. The maximum Gasteiger partial charge on any atom is 0.130 e. The quantitative estimate of drug-likeness (QED) is 0.829. The van der Waals surface area contributed by atoms with E-state index in [-0.39, 0.29) is 0 Å². The van der Waals surface area contributed by atoms with Gasteiger partial charge in [0.05, 0.1) is 0 Å². The Kier molecular flexibility index (Phi) is 6.56. The van der Waals surface area contributed by atoms with E-state index >= 15 is 0 Å². The van der Waals surface area contributed by atoms with Crippen molar-refractivity contribution in [1.29, 1.82) is 0 Å². The first-order chi connectivity index (χ1) is 9.29. The van der Waals surface area contributed by atoms with Crippen LogP contribution in [0.15, 0.2) is 18.2 Å². The molecule has 0 saturated heterocycles. The molecule has 2 N–H and O–H groups in total. The van der Waals surface area contributed by atoms with Crippen molar-refractivity contribution in [1.82, 2.24) is 4.90 Å². The van der Waals surface area contributed by atoms with Crippen molar-refractivity contribution in [3.05, 3.63) is 35.4 Å². The topological polar surface area (TPSA) is 29.3 Å². The Morgan fingerprint density at radius 2 is 1.55 bits per heavy atom. The van der Waals surface area contributed by atoms with Crippen LogP contribution < -0.4 is 5.73 Å². The number of benzene rings is 1. The van der Waals surface area contributed by atoms with Crippen LogP contribution in [0.2, 0.25) is 0 Å². The summed E-state index contributed by atoms with van der Waals surface area (Å²) < 4.78 is 26.7. The van der Waals surface area contributed by atoms with E-state index in [1.807, 2.05) is 0 Å². The predicted octanol–water partition coefficient (Wildman–Crippen LogP) is 3.58. The van der Waals surface area contributed by atoms with E-state index in [0.29, 0.717) is 23.9 Å². The second kappa shape index (κ2) is 7.70. The minimum Gasteiger partial charge on any atom is -0.323 e. The number of halogens is 2. The van der Waals surface area contributed by atoms with Crippen LogP contribution in [0, 0.1) is 23.5 Å². The van der Waals surface area contributed by atoms with E-state index in [1.165, 1.54) is 12.1 Å². The molecule has 0 aromatic heterocycles. The first-order valence-electron chi connectivity index (χ1n) is 7.22. The molecular weight excluding hydrogens is 258 g/mol. The third kappa shape index (κ3) is 5.55. The van der Waals surface area contributed by atoms with E-state index < -0.39 is 17.7 Å². The lowest BCUT2D eigenvalue weighted by Gasteiger charge is -2.29. The van der Waals surface area contributed by atoms with Gasteiger partial charge in [0.15, 0.2) is 0 Å². The Bertz CT molecular complexity index is 409. The summed E-state index contributed by atoms with van der Waals surface area (Å²) in [6, 6.07) is 3.16. The first-order valence-corrected chi connectivity index (χ1v) is 7.22. The van der Waals surface area contributed by atoms with Gasteiger partial charge in [0, 0.05) is 37.3 Å². The molecule has 1 unspecified atom stereocenters. The van der Waals surface area contributed by atoms with Gasteiger partial charge in [0.2, 0.25) is 0 Å². The highest BCUT2D eigenvalue weighted by Crippen LogP contribution is 2.18. The molecule has 0 radical (unpaired) electrons. The van der Waals surface area contributed by atoms with Gasteiger partial charge < -0.3 is 10.6 Å². The maximum absolute atomic E-state index is 13.7. The lowest BCUT2D eigenvalue weighted by atomic mass is 10.0. The van der Waals surface area contributed by atoms with Gasteiger partial charge in [-0.1, -0.05) is 33.8 Å². The van der Waals surface area contributed by atoms with Crippen molar-refractivity contribution >= 4 is 0 Å². The molecule has 0 fully saturated rings. The number of hydrogen-bond donors (Lipinski definition) is 1. The smallest absolute Gasteiger partial charge is 0.130 e. The molecule has 0 bridgehead atoms. The zero-order chi connectivity index (χ0) is 15.3. The van der Waals surface area contributed by atoms with Gasteiger partial charge in [-0.25, -0.2) is 8.78 Å². The van der Waals surface area contributed by atoms with Gasteiger partial charge >= 0.3 is 0 Å². The zero-order valence-corrected chi connectivity index (χ0v) is 12.9. The van der Waals surface area contributed by atoms with Gasteiger partial charge in [-0.3, -0.25) is 0 Å². The minimum atomic E-state index is -0.570. The Hall–Kier alpha value is -1.00. The van der Waals surface area contributed by atoms with Crippen molar-refractivity contribution in [3.8, 4) is 0 Å². The summed E-state index contributed by atoms with van der Waals surface area (Å²) >= 11 is 0. The highest BCUT2D eigenvalue weighted by molar-refractivity contribution is 5.22. The lowest BCUT2D eigenvalue weighted by molar-refractivity contribution is 0.206. The fourth-order valence-electron chi connectivity index (χ4n) is 2.44. The van der Waals surface area contributed by atoms with E-state index in [0.717, 1.165) is 19.2 Å². The van der Waals surface area contributed by atoms with Gasteiger partial charge in [-0.05, 0) is 17.9 Å². The molecule has 1 atom stereocenters. The third-order valence-electron chi connectivity index (χ3n) is 3.06. The van der Waals surface area contributed by atoms with Gasteiger partial charge in [-0.15, -0.1) is 0 Å². The minimum absolute atomic E-state index is 0.379. The Balaban J connectivity index is 2.75. The highest BCUT2D eigenvalue weighted by atomic mass is 19.1. The second-order valence-electron chi connectivity index (χ2n) is 6.28. The molecule has 1 aromatic carbocycles. The fraction of sp³-hybridized carbons (Fsp3) is 0.625. The van der Waals surface area contributed by atoms with Gasteiger partial charge in [-0.2, -0.15) is 0 Å². The molecule has 0 spiro atoms. The highest BCUT2D eigenvalue weighted by Gasteiger charge is 2.17. The summed E-state index contributed by atoms with van der Waals surface area (Å²) in [5.41, 5.74) is 6.47. The van der Waals surface area contributed by atoms with Crippen LogP contribution in [0.5, 0.6) is 0 Å². The number of hydrogen-bond acceptors (Lipinski definition) is 2. The molecule has 114 valence electrons. The monoisotopic (exact) mass is 284 g/mol. The summed E-state index contributed by atoms with van der Waals surface area (Å²) in [4.78, 5) is 2.25. The number of rotatable bonds is 7. The third-order valence-corrected chi connectivity index (χ3v) is 3.06. The summed E-state index contributed by atoms with van der Waals surface area (Å²) in [6.45, 7) is 11.0. The lowest BCUT2D eigenvalue weighted by Crippen LogP contribution is -2.37. The molecule has 1 aromatic rings. The molecule has 0 aliphatic carbocycles. The summed E-state index contributed by atoms with van der Waals surface area (Å²) in [6.07, 6.45) is 0. The molecule has 0 aliphatic rings. The molecule has 2 nitrogen and oxygen atoms in total. The molecule has 1 rings (SSSR count). The summed E-state index contributed by atoms with van der Waals surface area (Å²) in [7, 11) is 0. The molecule has 0 saturated carbocycles. The Morgan fingerprint density at radius 1 is 1.00 bits per heavy atom. The molecular formula is C16H26F2N2. The maximum atomic E-state index is 13.7. The van der Waals surface area contributed by atoms with E-state index in [2.05, 4.69) is 32.6 Å². The van der Waals surface area contributed by atoms with Crippen LogP contribution in [0.3, 0.4) is 0 Å². The molecule has 0 aliphatic heterocycles. The van der Waals surface area contributed by atoms with Crippen LogP contribution in [0.25, 0.3) is 0 Å². The zero-order valence-electron chi connectivity index (χ0n) is 12.9. The molecule has 4 heteroatoms. The summed E-state index contributed by atoms with van der Waals surface area (Å²) in [5.74, 6) is -0.0794. The number of nitrogens with two attached hydrogens (primary N) is 1. The molecule has 0 heterocycles.